The lowest BCUT2D eigenvalue weighted by Gasteiger charge is -2.54. The fraction of sp³-hybridized carbons (Fsp3) is 0.357. The van der Waals surface area contributed by atoms with Crippen LogP contribution in [-0.4, -0.2) is 64.4 Å². The zero-order valence-corrected chi connectivity index (χ0v) is 23.2. The summed E-state index contributed by atoms with van der Waals surface area (Å²) in [5, 5.41) is 9.49. The number of fused-ring (bicyclic) bond motifs is 1. The normalized spacial score (nSPS) is 17.2. The molecule has 0 radical (unpaired) electrons. The second-order valence-corrected chi connectivity index (χ2v) is 11.1. The predicted octanol–water partition coefficient (Wildman–Crippen LogP) is 6.14. The van der Waals surface area contributed by atoms with Crippen molar-refractivity contribution in [1.82, 2.24) is 25.1 Å². The lowest BCUT2D eigenvalue weighted by atomic mass is 9.73. The molecule has 1 N–H and O–H groups in total. The number of hydrogen-bond donors (Lipinski definition) is 1. The summed E-state index contributed by atoms with van der Waals surface area (Å²) in [5.74, 6) is 1.59. The van der Waals surface area contributed by atoms with E-state index in [1.807, 2.05) is 48.4 Å². The maximum absolute atomic E-state index is 12.0. The van der Waals surface area contributed by atoms with Crippen LogP contribution in [-0.2, 0) is 4.74 Å². The van der Waals surface area contributed by atoms with E-state index in [0.29, 0.717) is 21.4 Å². The molecule has 1 amide bonds. The van der Waals surface area contributed by atoms with Gasteiger partial charge in [0.25, 0.3) is 0 Å². The fourth-order valence-corrected chi connectivity index (χ4v) is 6.42. The van der Waals surface area contributed by atoms with Crippen LogP contribution in [0.25, 0.3) is 22.2 Å². The monoisotopic (exact) mass is 566 g/mol. The van der Waals surface area contributed by atoms with Gasteiger partial charge >= 0.3 is 6.09 Å². The van der Waals surface area contributed by atoms with Crippen LogP contribution in [0.3, 0.4) is 0 Å². The van der Waals surface area contributed by atoms with Crippen molar-refractivity contribution in [2.45, 2.75) is 25.9 Å². The molecule has 0 aliphatic carbocycles. The minimum atomic E-state index is -0.370. The van der Waals surface area contributed by atoms with Gasteiger partial charge in [0.15, 0.2) is 0 Å². The summed E-state index contributed by atoms with van der Waals surface area (Å²) >= 11 is 12.6. The van der Waals surface area contributed by atoms with Gasteiger partial charge < -0.3 is 19.3 Å². The van der Waals surface area contributed by atoms with E-state index < -0.39 is 0 Å². The molecule has 1 spiro atoms. The van der Waals surface area contributed by atoms with Gasteiger partial charge in [-0.25, -0.2) is 9.78 Å². The van der Waals surface area contributed by atoms with Crippen molar-refractivity contribution in [3.63, 3.8) is 0 Å². The number of nitrogens with zero attached hydrogens (tertiary/aromatic N) is 5. The zero-order chi connectivity index (χ0) is 27.1. The Balaban J connectivity index is 1.17. The van der Waals surface area contributed by atoms with E-state index >= 15 is 0 Å². The molecular weight excluding hydrogens is 539 g/mol. The maximum Gasteiger partial charge on any atom is 0.409 e. The first-order valence-corrected chi connectivity index (χ1v) is 13.6. The molecule has 2 aliphatic heterocycles. The summed E-state index contributed by atoms with van der Waals surface area (Å²) in [6.07, 6.45) is 6.46. The molecule has 0 unspecified atom stereocenters. The Morgan fingerprint density at radius 3 is 2.62 bits per heavy atom. The van der Waals surface area contributed by atoms with Crippen molar-refractivity contribution in [1.29, 1.82) is 0 Å². The summed E-state index contributed by atoms with van der Waals surface area (Å²) in [6.45, 7) is 5.15. The largest absolute Gasteiger partial charge is 0.486 e. The van der Waals surface area contributed by atoms with Crippen LogP contribution in [0.1, 0.15) is 31.4 Å². The number of anilines is 1. The van der Waals surface area contributed by atoms with Crippen molar-refractivity contribution in [2.75, 3.05) is 38.2 Å². The molecule has 2 fully saturated rings. The molecule has 6 rings (SSSR count). The number of halogens is 2. The molecule has 3 aromatic heterocycles. The Hall–Kier alpha value is -3.56. The summed E-state index contributed by atoms with van der Waals surface area (Å²) in [5.41, 5.74) is 3.40. The highest BCUT2D eigenvalue weighted by atomic mass is 35.5. The number of methoxy groups -OCH3 is 1. The van der Waals surface area contributed by atoms with Gasteiger partial charge in [0.1, 0.15) is 23.4 Å². The standard InChI is InChI=1S/C28H28Cl2N6O3/c1-17(25-21(29)12-31-13-22(25)30)39-19-5-6-23-20(10-19)26(34-33-23)18-4-7-24(32-11-18)36-15-28(16-36)8-3-9-35(14-28)27(37)38-2/h4-7,10-13,17H,3,8-9,14-16H2,1-2H3,(H,33,34)/t17-/m1/s1. The number of ether oxygens (including phenoxy) is 2. The first kappa shape index (κ1) is 25.7. The third-order valence-electron chi connectivity index (χ3n) is 7.64. The van der Waals surface area contributed by atoms with Crippen LogP contribution in [0.2, 0.25) is 10.0 Å². The average molecular weight is 567 g/mol. The van der Waals surface area contributed by atoms with E-state index in [2.05, 4.69) is 20.1 Å². The number of piperidine rings is 1. The van der Waals surface area contributed by atoms with Crippen LogP contribution in [0, 0.1) is 5.41 Å². The van der Waals surface area contributed by atoms with Crippen LogP contribution in [0.5, 0.6) is 5.75 Å². The molecule has 4 aromatic rings. The van der Waals surface area contributed by atoms with E-state index in [0.717, 1.165) is 67.0 Å². The topological polar surface area (TPSA) is 96.5 Å². The van der Waals surface area contributed by atoms with E-state index in [-0.39, 0.29) is 17.6 Å². The van der Waals surface area contributed by atoms with Gasteiger partial charge in [-0.05, 0) is 50.1 Å². The average Bonchev–Trinajstić information content (AvgIpc) is 3.34. The molecule has 1 atom stereocenters. The van der Waals surface area contributed by atoms with Gasteiger partial charge in [-0.15, -0.1) is 0 Å². The molecule has 9 nitrogen and oxygen atoms in total. The molecule has 2 saturated heterocycles. The van der Waals surface area contributed by atoms with E-state index in [1.54, 1.807) is 12.4 Å². The van der Waals surface area contributed by atoms with E-state index in [4.69, 9.17) is 37.7 Å². The van der Waals surface area contributed by atoms with E-state index in [1.165, 1.54) is 7.11 Å². The molecule has 1 aromatic carbocycles. The van der Waals surface area contributed by atoms with Gasteiger partial charge in [0.05, 0.1) is 22.7 Å². The Labute approximate surface area is 236 Å². The van der Waals surface area contributed by atoms with Crippen molar-refractivity contribution < 1.29 is 14.3 Å². The van der Waals surface area contributed by atoms with Crippen LogP contribution < -0.4 is 9.64 Å². The van der Waals surface area contributed by atoms with Gasteiger partial charge in [-0.2, -0.15) is 5.10 Å². The number of pyridine rings is 2. The SMILES string of the molecule is COC(=O)N1CCCC2(C1)CN(c1ccc(-c3n[nH]c4ccc(O[C@H](C)c5c(Cl)cncc5Cl)cc34)cn1)C2. The lowest BCUT2D eigenvalue weighted by Crippen LogP contribution is -2.63. The second-order valence-electron chi connectivity index (χ2n) is 10.3. The maximum atomic E-state index is 12.0. The highest BCUT2D eigenvalue weighted by Gasteiger charge is 2.47. The Kier molecular flexibility index (Phi) is 6.72. The van der Waals surface area contributed by atoms with Gasteiger partial charge in [0.2, 0.25) is 0 Å². The van der Waals surface area contributed by atoms with Crippen molar-refractivity contribution in [3.8, 4) is 17.0 Å². The van der Waals surface area contributed by atoms with E-state index in [9.17, 15) is 4.79 Å². The molecule has 0 saturated carbocycles. The lowest BCUT2D eigenvalue weighted by molar-refractivity contribution is 0.0501. The summed E-state index contributed by atoms with van der Waals surface area (Å²) in [4.78, 5) is 24.8. The summed E-state index contributed by atoms with van der Waals surface area (Å²) in [7, 11) is 1.44. The number of carbonyl (C=O) groups excluding carboxylic acids is 1. The number of hydrogen-bond acceptors (Lipinski definition) is 7. The van der Waals surface area contributed by atoms with Gasteiger partial charge in [0, 0.05) is 66.7 Å². The fourth-order valence-electron chi connectivity index (χ4n) is 5.75. The number of nitrogens with one attached hydrogen (secondary N) is 1. The number of rotatable bonds is 5. The number of amides is 1. The number of aromatic amines is 1. The predicted molar refractivity (Wildman–Crippen MR) is 150 cm³/mol. The third-order valence-corrected chi connectivity index (χ3v) is 8.24. The minimum Gasteiger partial charge on any atom is -0.486 e. The number of H-pyrrole nitrogens is 1. The Morgan fingerprint density at radius 1 is 1.10 bits per heavy atom. The molecule has 2 aliphatic rings. The number of benzene rings is 1. The number of likely N-dealkylation sites (tertiary alicyclic amines) is 1. The van der Waals surface area contributed by atoms with Crippen LogP contribution >= 0.6 is 23.2 Å². The quantitative estimate of drug-likeness (QED) is 0.310. The summed E-state index contributed by atoms with van der Waals surface area (Å²) < 4.78 is 11.1. The highest BCUT2D eigenvalue weighted by molar-refractivity contribution is 6.35. The third kappa shape index (κ3) is 4.85. The highest BCUT2D eigenvalue weighted by Crippen LogP contribution is 2.41. The van der Waals surface area contributed by atoms with Crippen molar-refractivity contribution in [2.24, 2.45) is 5.41 Å². The summed E-state index contributed by atoms with van der Waals surface area (Å²) in [6, 6.07) is 9.85. The molecule has 39 heavy (non-hydrogen) atoms. The number of carbonyl (C=O) groups is 1. The Bertz CT molecular complexity index is 1500. The second kappa shape index (κ2) is 10.2. The molecule has 0 bridgehead atoms. The van der Waals surface area contributed by atoms with Crippen molar-refractivity contribution in [3.05, 3.63) is 64.5 Å². The minimum absolute atomic E-state index is 0.115. The van der Waals surface area contributed by atoms with Gasteiger partial charge in [-0.3, -0.25) is 10.1 Å². The smallest absolute Gasteiger partial charge is 0.409 e. The molecule has 11 heteroatoms. The molecular formula is C28H28Cl2N6O3. The van der Waals surface area contributed by atoms with Crippen LogP contribution in [0.4, 0.5) is 10.6 Å². The molecule has 5 heterocycles. The first-order valence-electron chi connectivity index (χ1n) is 12.8. The Morgan fingerprint density at radius 2 is 1.90 bits per heavy atom. The van der Waals surface area contributed by atoms with Crippen LogP contribution in [0.15, 0.2) is 48.9 Å². The first-order chi connectivity index (χ1) is 18.9. The number of aromatic nitrogens is 4. The van der Waals surface area contributed by atoms with Gasteiger partial charge in [-0.1, -0.05) is 23.2 Å². The van der Waals surface area contributed by atoms with Crippen molar-refractivity contribution >= 4 is 46.0 Å². The zero-order valence-electron chi connectivity index (χ0n) is 21.7. The molecule has 202 valence electrons.